The molecule has 1 N–H and O–H groups in total. The van der Waals surface area contributed by atoms with E-state index in [0.717, 1.165) is 0 Å². The van der Waals surface area contributed by atoms with E-state index in [2.05, 4.69) is 0 Å². The lowest BCUT2D eigenvalue weighted by Crippen LogP contribution is -2.50. The lowest BCUT2D eigenvalue weighted by molar-refractivity contribution is 0.00578. The summed E-state index contributed by atoms with van der Waals surface area (Å²) >= 11 is 0. The van der Waals surface area contributed by atoms with Gasteiger partial charge in [-0.2, -0.15) is 0 Å². The standard InChI is InChI=1S/C17H27BN2O2/c1-13-12-19-10-11-20(13)15-8-6-14(7-9-15)18-21-16(2,3)17(4,5)22-18/h6-9,13,19H,10-12H2,1-5H3/i1D3,10D2,11D2,12D2,13D. The smallest absolute Gasteiger partial charge is 0.399 e. The average Bonchev–Trinajstić information content (AvgIpc) is 2.80. The average molecular weight is 312 g/mol. The molecule has 2 heterocycles. The highest BCUT2D eigenvalue weighted by atomic mass is 16.7. The molecule has 120 valence electrons. The summed E-state index contributed by atoms with van der Waals surface area (Å²) in [6, 6.07) is 2.44. The Kier molecular flexibility index (Phi) is 1.94. The normalized spacial score (nSPS) is 44.7. The number of nitrogens with one attached hydrogen (secondary N) is 1. The predicted octanol–water partition coefficient (Wildman–Crippen LogP) is 1.78. The van der Waals surface area contributed by atoms with Crippen molar-refractivity contribution in [3.8, 4) is 0 Å². The summed E-state index contributed by atoms with van der Waals surface area (Å²) in [6.45, 7) is -5.03. The van der Waals surface area contributed by atoms with Gasteiger partial charge in [-0.25, -0.2) is 0 Å². The molecule has 22 heavy (non-hydrogen) atoms. The monoisotopic (exact) mass is 312 g/mol. The van der Waals surface area contributed by atoms with Gasteiger partial charge in [0, 0.05) is 40.8 Å². The van der Waals surface area contributed by atoms with E-state index in [4.69, 9.17) is 23.0 Å². The molecule has 1 aromatic carbocycles. The fourth-order valence-electron chi connectivity index (χ4n) is 2.24. The van der Waals surface area contributed by atoms with Crippen LogP contribution in [0.3, 0.4) is 0 Å². The number of piperazine rings is 1. The minimum atomic E-state index is -3.34. The van der Waals surface area contributed by atoms with Crippen LogP contribution < -0.4 is 15.7 Å². The van der Waals surface area contributed by atoms with Crippen LogP contribution in [0.5, 0.6) is 0 Å². The largest absolute Gasteiger partial charge is 0.494 e. The molecule has 0 spiro atoms. The Morgan fingerprint density at radius 1 is 1.27 bits per heavy atom. The van der Waals surface area contributed by atoms with E-state index in [1.54, 1.807) is 5.32 Å². The number of hydrogen-bond acceptors (Lipinski definition) is 4. The summed E-state index contributed by atoms with van der Waals surface area (Å²) in [4.78, 5) is 0.359. The highest BCUT2D eigenvalue weighted by Crippen LogP contribution is 2.36. The van der Waals surface area contributed by atoms with Gasteiger partial charge in [-0.1, -0.05) is 12.1 Å². The van der Waals surface area contributed by atoms with E-state index in [0.29, 0.717) is 10.4 Å². The van der Waals surface area contributed by atoms with E-state index in [-0.39, 0.29) is 5.69 Å². The van der Waals surface area contributed by atoms with Gasteiger partial charge in [-0.15, -0.1) is 0 Å². The van der Waals surface area contributed by atoms with Crippen molar-refractivity contribution >= 4 is 18.3 Å². The maximum absolute atomic E-state index is 8.60. The highest BCUT2D eigenvalue weighted by molar-refractivity contribution is 6.62. The Bertz CT molecular complexity index is 874. The van der Waals surface area contributed by atoms with Gasteiger partial charge in [0.2, 0.25) is 0 Å². The van der Waals surface area contributed by atoms with E-state index in [1.165, 1.54) is 24.3 Å². The van der Waals surface area contributed by atoms with Gasteiger partial charge in [0.05, 0.1) is 15.3 Å². The van der Waals surface area contributed by atoms with Crippen LogP contribution in [0.15, 0.2) is 24.3 Å². The fraction of sp³-hybridized carbons (Fsp3) is 0.647. The molecule has 0 radical (unpaired) electrons. The number of rotatable bonds is 2. The van der Waals surface area contributed by atoms with E-state index < -0.39 is 50.7 Å². The minimum absolute atomic E-state index is 0.171. The molecule has 2 saturated heterocycles. The van der Waals surface area contributed by atoms with Crippen molar-refractivity contribution in [3.05, 3.63) is 24.3 Å². The molecule has 5 heteroatoms. The molecule has 1 aromatic rings. The van der Waals surface area contributed by atoms with Crippen LogP contribution in [0.25, 0.3) is 0 Å². The molecule has 0 saturated carbocycles. The maximum Gasteiger partial charge on any atom is 0.494 e. The molecule has 0 aromatic heterocycles. The van der Waals surface area contributed by atoms with Crippen molar-refractivity contribution in [3.63, 3.8) is 0 Å². The Morgan fingerprint density at radius 3 is 2.50 bits per heavy atom. The van der Waals surface area contributed by atoms with Crippen LogP contribution in [0.2, 0.25) is 0 Å². The summed E-state index contributed by atoms with van der Waals surface area (Å²) in [5, 5.41) is 1.76. The molecular formula is C17H27BN2O2. The highest BCUT2D eigenvalue weighted by Gasteiger charge is 2.51. The van der Waals surface area contributed by atoms with Crippen LogP contribution in [0.1, 0.15) is 48.3 Å². The second-order valence-electron chi connectivity index (χ2n) is 6.35. The molecule has 0 amide bonds. The lowest BCUT2D eigenvalue weighted by Gasteiger charge is -2.36. The van der Waals surface area contributed by atoms with Gasteiger partial charge in [-0.05, 0) is 52.1 Å². The van der Waals surface area contributed by atoms with Crippen LogP contribution >= 0.6 is 0 Å². The molecule has 2 aliphatic heterocycles. The Hall–Kier alpha value is -1.04. The molecule has 0 bridgehead atoms. The number of nitrogens with zero attached hydrogens (tertiary/aromatic N) is 1. The molecule has 4 nitrogen and oxygen atoms in total. The van der Waals surface area contributed by atoms with Gasteiger partial charge < -0.3 is 19.5 Å². The topological polar surface area (TPSA) is 33.7 Å². The number of benzene rings is 1. The van der Waals surface area contributed by atoms with E-state index in [9.17, 15) is 0 Å². The molecule has 1 unspecified atom stereocenters. The predicted molar refractivity (Wildman–Crippen MR) is 91.8 cm³/mol. The SMILES string of the molecule is [2H]C([2H])([2H])C1([2H])N(c2ccc(B3OC(C)(C)C(C)(C)O3)cc2)C([2H])([2H])C([2H])([2H])NC1([2H])[2H]. The first-order valence-corrected chi connectivity index (χ1v) is 7.16. The Morgan fingerprint density at radius 2 is 1.91 bits per heavy atom. The Labute approximate surface area is 148 Å². The number of hydrogen-bond donors (Lipinski definition) is 1. The quantitative estimate of drug-likeness (QED) is 0.844. The van der Waals surface area contributed by atoms with Crippen molar-refractivity contribution in [1.82, 2.24) is 5.32 Å². The van der Waals surface area contributed by atoms with Crippen LogP contribution in [0.4, 0.5) is 5.69 Å². The zero-order valence-corrected chi connectivity index (χ0v) is 13.2. The third kappa shape index (κ3) is 2.77. The summed E-state index contributed by atoms with van der Waals surface area (Å²) in [5.41, 5.74) is -0.819. The summed E-state index contributed by atoms with van der Waals surface area (Å²) in [7, 11) is -0.741. The van der Waals surface area contributed by atoms with Crippen molar-refractivity contribution < 1.29 is 23.0 Å². The van der Waals surface area contributed by atoms with Crippen LogP contribution in [-0.4, -0.2) is 43.8 Å². The molecule has 0 aliphatic carbocycles. The van der Waals surface area contributed by atoms with Gasteiger partial charge in [0.1, 0.15) is 0 Å². The second kappa shape index (κ2) is 5.55. The van der Waals surface area contributed by atoms with E-state index >= 15 is 0 Å². The number of anilines is 1. The van der Waals surface area contributed by atoms with Gasteiger partial charge in [0.25, 0.3) is 0 Å². The summed E-state index contributed by atoms with van der Waals surface area (Å²) < 4.78 is 92.9. The molecule has 2 aliphatic rings. The van der Waals surface area contributed by atoms with Crippen molar-refractivity contribution in [2.75, 3.05) is 24.4 Å². The first kappa shape index (κ1) is 7.69. The zero-order chi connectivity index (χ0) is 24.8. The third-order valence-electron chi connectivity index (χ3n) is 4.31. The summed E-state index contributed by atoms with van der Waals surface area (Å²) in [6.07, 6.45) is 0. The van der Waals surface area contributed by atoms with Gasteiger partial charge in [-0.3, -0.25) is 0 Å². The first-order valence-electron chi connectivity index (χ1n) is 12.2. The molecular weight excluding hydrogens is 275 g/mol. The molecule has 3 rings (SSSR count). The molecule has 1 atom stereocenters. The second-order valence-corrected chi connectivity index (χ2v) is 6.35. The Balaban J connectivity index is 2.09. The third-order valence-corrected chi connectivity index (χ3v) is 4.31. The summed E-state index contributed by atoms with van der Waals surface area (Å²) in [5.74, 6) is 0. The van der Waals surface area contributed by atoms with Crippen molar-refractivity contribution in [1.29, 1.82) is 0 Å². The van der Waals surface area contributed by atoms with E-state index in [1.807, 2.05) is 27.7 Å². The van der Waals surface area contributed by atoms with Crippen molar-refractivity contribution in [2.24, 2.45) is 0 Å². The zero-order valence-electron chi connectivity index (χ0n) is 23.2. The first-order chi connectivity index (χ1) is 14.1. The van der Waals surface area contributed by atoms with Gasteiger partial charge in [0.15, 0.2) is 0 Å². The lowest BCUT2D eigenvalue weighted by atomic mass is 9.79. The van der Waals surface area contributed by atoms with Crippen LogP contribution in [0, 0.1) is 0 Å². The molecule has 2 fully saturated rings. The minimum Gasteiger partial charge on any atom is -0.399 e. The van der Waals surface area contributed by atoms with Crippen LogP contribution in [-0.2, 0) is 9.31 Å². The fourth-order valence-corrected chi connectivity index (χ4v) is 2.24. The maximum atomic E-state index is 8.60. The van der Waals surface area contributed by atoms with Gasteiger partial charge >= 0.3 is 7.12 Å². The van der Waals surface area contributed by atoms with Crippen molar-refractivity contribution in [2.45, 2.75) is 51.8 Å².